The first kappa shape index (κ1) is 14.1. The van der Waals surface area contributed by atoms with Gasteiger partial charge in [0.2, 0.25) is 0 Å². The predicted octanol–water partition coefficient (Wildman–Crippen LogP) is 3.87. The minimum atomic E-state index is 0.165. The van der Waals surface area contributed by atoms with Crippen molar-refractivity contribution in [3.63, 3.8) is 0 Å². The second-order valence-electron chi connectivity index (χ2n) is 5.26. The highest BCUT2D eigenvalue weighted by molar-refractivity contribution is 6.42. The first-order valence-corrected chi connectivity index (χ1v) is 7.22. The molecule has 2 atom stereocenters. The summed E-state index contributed by atoms with van der Waals surface area (Å²) in [4.78, 5) is 2.45. The van der Waals surface area contributed by atoms with Crippen molar-refractivity contribution in [2.24, 2.45) is 5.73 Å². The lowest BCUT2D eigenvalue weighted by molar-refractivity contribution is 0.0947. The van der Waals surface area contributed by atoms with Crippen molar-refractivity contribution < 1.29 is 0 Å². The topological polar surface area (TPSA) is 29.3 Å². The molecular formula is C14H20Cl2N2. The van der Waals surface area contributed by atoms with E-state index in [2.05, 4.69) is 18.7 Å². The Kier molecular flexibility index (Phi) is 4.54. The van der Waals surface area contributed by atoms with E-state index in [1.54, 1.807) is 0 Å². The number of likely N-dealkylation sites (tertiary alicyclic amines) is 1. The average Bonchev–Trinajstić information content (AvgIpc) is 2.32. The largest absolute Gasteiger partial charge is 0.326 e. The molecule has 0 bridgehead atoms. The van der Waals surface area contributed by atoms with Crippen LogP contribution in [0.15, 0.2) is 18.2 Å². The normalized spacial score (nSPS) is 25.7. The zero-order valence-corrected chi connectivity index (χ0v) is 12.4. The maximum atomic E-state index is 6.31. The molecule has 4 heteroatoms. The van der Waals surface area contributed by atoms with Gasteiger partial charge < -0.3 is 5.73 Å². The Labute approximate surface area is 119 Å². The van der Waals surface area contributed by atoms with Gasteiger partial charge in [-0.3, -0.25) is 4.90 Å². The summed E-state index contributed by atoms with van der Waals surface area (Å²) in [5.41, 5.74) is 7.48. The van der Waals surface area contributed by atoms with E-state index in [-0.39, 0.29) is 12.1 Å². The number of hydrogen-bond donors (Lipinski definition) is 1. The van der Waals surface area contributed by atoms with Crippen LogP contribution >= 0.6 is 23.2 Å². The number of nitrogens with zero attached hydrogens (tertiary/aromatic N) is 1. The summed E-state index contributed by atoms with van der Waals surface area (Å²) in [6, 6.07) is 6.75. The van der Waals surface area contributed by atoms with E-state index in [0.717, 1.165) is 19.4 Å². The number of hydrogen-bond acceptors (Lipinski definition) is 2. The van der Waals surface area contributed by atoms with Crippen molar-refractivity contribution in [1.29, 1.82) is 0 Å². The van der Waals surface area contributed by atoms with Crippen LogP contribution in [0.1, 0.15) is 38.3 Å². The van der Waals surface area contributed by atoms with Gasteiger partial charge in [-0.1, -0.05) is 29.3 Å². The molecule has 1 saturated heterocycles. The minimum Gasteiger partial charge on any atom is -0.326 e. The first-order chi connectivity index (χ1) is 8.50. The Bertz CT molecular complexity index is 420. The fourth-order valence-electron chi connectivity index (χ4n) is 2.77. The molecule has 100 valence electrons. The Morgan fingerprint density at radius 2 is 2.00 bits per heavy atom. The van der Waals surface area contributed by atoms with Crippen molar-refractivity contribution >= 4 is 23.2 Å². The lowest BCUT2D eigenvalue weighted by Gasteiger charge is -2.42. The molecule has 1 aliphatic rings. The van der Waals surface area contributed by atoms with Gasteiger partial charge in [0, 0.05) is 12.1 Å². The van der Waals surface area contributed by atoms with E-state index in [1.165, 1.54) is 5.56 Å². The molecule has 0 radical (unpaired) electrons. The molecule has 0 saturated carbocycles. The molecule has 2 unspecified atom stereocenters. The third-order valence-corrected chi connectivity index (χ3v) is 4.40. The van der Waals surface area contributed by atoms with Gasteiger partial charge in [0.15, 0.2) is 0 Å². The minimum absolute atomic E-state index is 0.165. The van der Waals surface area contributed by atoms with Gasteiger partial charge in [-0.2, -0.15) is 0 Å². The molecule has 2 N–H and O–H groups in total. The van der Waals surface area contributed by atoms with Crippen LogP contribution in [0.5, 0.6) is 0 Å². The number of piperidine rings is 1. The molecule has 1 aromatic carbocycles. The SMILES string of the molecule is CC(C)N1CCCC(N)C1c1ccc(Cl)c(Cl)c1. The zero-order chi connectivity index (χ0) is 13.3. The van der Waals surface area contributed by atoms with Gasteiger partial charge in [-0.15, -0.1) is 0 Å². The molecular weight excluding hydrogens is 267 g/mol. The quantitative estimate of drug-likeness (QED) is 0.894. The van der Waals surface area contributed by atoms with E-state index < -0.39 is 0 Å². The summed E-state index contributed by atoms with van der Waals surface area (Å²) in [6.45, 7) is 5.52. The zero-order valence-electron chi connectivity index (χ0n) is 10.9. The van der Waals surface area contributed by atoms with Crippen LogP contribution in [0, 0.1) is 0 Å². The maximum absolute atomic E-state index is 6.31. The van der Waals surface area contributed by atoms with Gasteiger partial charge in [0.05, 0.1) is 16.1 Å². The summed E-state index contributed by atoms with van der Waals surface area (Å²) in [6.07, 6.45) is 2.23. The van der Waals surface area contributed by atoms with Crippen LogP contribution in [-0.4, -0.2) is 23.5 Å². The van der Waals surface area contributed by atoms with Crippen molar-refractivity contribution in [3.05, 3.63) is 33.8 Å². The Hall–Kier alpha value is -0.280. The fourth-order valence-corrected chi connectivity index (χ4v) is 3.07. The third-order valence-electron chi connectivity index (χ3n) is 3.67. The van der Waals surface area contributed by atoms with Gasteiger partial charge in [-0.05, 0) is 50.9 Å². The Morgan fingerprint density at radius 3 is 2.61 bits per heavy atom. The number of halogens is 2. The smallest absolute Gasteiger partial charge is 0.0595 e. The highest BCUT2D eigenvalue weighted by Gasteiger charge is 2.31. The van der Waals surface area contributed by atoms with E-state index in [4.69, 9.17) is 28.9 Å². The molecule has 0 aromatic heterocycles. The number of benzene rings is 1. The molecule has 0 amide bonds. The van der Waals surface area contributed by atoms with Gasteiger partial charge in [-0.25, -0.2) is 0 Å². The first-order valence-electron chi connectivity index (χ1n) is 6.47. The lowest BCUT2D eigenvalue weighted by Crippen LogP contribution is -2.48. The monoisotopic (exact) mass is 286 g/mol. The van der Waals surface area contributed by atoms with E-state index >= 15 is 0 Å². The van der Waals surface area contributed by atoms with Crippen molar-refractivity contribution in [3.8, 4) is 0 Å². The van der Waals surface area contributed by atoms with Crippen molar-refractivity contribution in [1.82, 2.24) is 4.90 Å². The molecule has 0 spiro atoms. The predicted molar refractivity (Wildman–Crippen MR) is 78.3 cm³/mol. The van der Waals surface area contributed by atoms with Crippen LogP contribution in [0.2, 0.25) is 10.0 Å². The molecule has 2 nitrogen and oxygen atoms in total. The van der Waals surface area contributed by atoms with Gasteiger partial charge in [0.25, 0.3) is 0 Å². The van der Waals surface area contributed by atoms with Crippen LogP contribution in [-0.2, 0) is 0 Å². The molecule has 2 rings (SSSR count). The van der Waals surface area contributed by atoms with Crippen LogP contribution in [0.3, 0.4) is 0 Å². The fraction of sp³-hybridized carbons (Fsp3) is 0.571. The Balaban J connectivity index is 2.34. The number of nitrogens with two attached hydrogens (primary N) is 1. The second-order valence-corrected chi connectivity index (χ2v) is 6.07. The molecule has 18 heavy (non-hydrogen) atoms. The number of rotatable bonds is 2. The maximum Gasteiger partial charge on any atom is 0.0595 e. The standard InChI is InChI=1S/C14H20Cl2N2/c1-9(2)18-7-3-4-13(17)14(18)10-5-6-11(15)12(16)8-10/h5-6,8-9,13-14H,3-4,7,17H2,1-2H3. The van der Waals surface area contributed by atoms with Gasteiger partial charge >= 0.3 is 0 Å². The average molecular weight is 287 g/mol. The molecule has 0 aliphatic carbocycles. The summed E-state index contributed by atoms with van der Waals surface area (Å²) in [7, 11) is 0. The van der Waals surface area contributed by atoms with E-state index in [1.807, 2.05) is 18.2 Å². The van der Waals surface area contributed by atoms with E-state index in [0.29, 0.717) is 16.1 Å². The molecule has 1 aliphatic heterocycles. The van der Waals surface area contributed by atoms with Gasteiger partial charge in [0.1, 0.15) is 0 Å². The Morgan fingerprint density at radius 1 is 1.28 bits per heavy atom. The van der Waals surface area contributed by atoms with Crippen LogP contribution < -0.4 is 5.73 Å². The summed E-state index contributed by atoms with van der Waals surface area (Å²) >= 11 is 12.1. The molecule has 1 fully saturated rings. The van der Waals surface area contributed by atoms with Crippen molar-refractivity contribution in [2.45, 2.75) is 44.8 Å². The molecule has 1 heterocycles. The third kappa shape index (κ3) is 2.83. The summed E-state index contributed by atoms with van der Waals surface area (Å²) in [5.74, 6) is 0. The highest BCUT2D eigenvalue weighted by Crippen LogP contribution is 2.34. The molecule has 1 aromatic rings. The second kappa shape index (κ2) is 5.79. The van der Waals surface area contributed by atoms with E-state index in [9.17, 15) is 0 Å². The van der Waals surface area contributed by atoms with Crippen LogP contribution in [0.25, 0.3) is 0 Å². The lowest BCUT2D eigenvalue weighted by atomic mass is 9.90. The van der Waals surface area contributed by atoms with Crippen molar-refractivity contribution in [2.75, 3.05) is 6.54 Å². The summed E-state index contributed by atoms with van der Waals surface area (Å²) < 4.78 is 0. The summed E-state index contributed by atoms with van der Waals surface area (Å²) in [5, 5.41) is 1.21. The highest BCUT2D eigenvalue weighted by atomic mass is 35.5. The van der Waals surface area contributed by atoms with Crippen LogP contribution in [0.4, 0.5) is 0 Å².